The number of benzene rings is 2. The van der Waals surface area contributed by atoms with Crippen molar-refractivity contribution in [2.24, 2.45) is 5.92 Å². The third-order valence-corrected chi connectivity index (χ3v) is 6.15. The maximum atomic E-state index is 5.72. The van der Waals surface area contributed by atoms with Crippen LogP contribution in [-0.4, -0.2) is 6.61 Å². The lowest BCUT2D eigenvalue weighted by molar-refractivity contribution is 0.125. The van der Waals surface area contributed by atoms with Crippen molar-refractivity contribution in [2.75, 3.05) is 6.61 Å². The van der Waals surface area contributed by atoms with E-state index in [1.807, 2.05) is 6.92 Å². The van der Waals surface area contributed by atoms with Gasteiger partial charge in [-0.05, 0) is 86.5 Å². The second-order valence-electron chi connectivity index (χ2n) is 8.25. The Balaban J connectivity index is 1.51. The zero-order valence-electron chi connectivity index (χ0n) is 18.1. The van der Waals surface area contributed by atoms with Gasteiger partial charge in [-0.15, -0.1) is 0 Å². The Morgan fingerprint density at radius 2 is 1.41 bits per heavy atom. The topological polar surface area (TPSA) is 9.23 Å². The van der Waals surface area contributed by atoms with Crippen LogP contribution in [0, 0.1) is 5.92 Å². The van der Waals surface area contributed by atoms with Gasteiger partial charge in [-0.2, -0.15) is 0 Å². The van der Waals surface area contributed by atoms with Gasteiger partial charge in [0.15, 0.2) is 0 Å². The Bertz CT molecular complexity index is 759. The normalized spacial score (nSPS) is 19.9. The molecule has 1 heteroatoms. The SMILES string of the molecule is C/C=C/CCOCc1ccc(-c2ccc(C3CCC(C/C=C/C)CC3)cc2)cc1. The summed E-state index contributed by atoms with van der Waals surface area (Å²) < 4.78 is 5.72. The number of rotatable bonds is 9. The highest BCUT2D eigenvalue weighted by molar-refractivity contribution is 5.64. The van der Waals surface area contributed by atoms with Gasteiger partial charge in [-0.25, -0.2) is 0 Å². The van der Waals surface area contributed by atoms with Crippen LogP contribution < -0.4 is 0 Å². The predicted molar refractivity (Wildman–Crippen MR) is 125 cm³/mol. The first-order valence-corrected chi connectivity index (χ1v) is 11.3. The van der Waals surface area contributed by atoms with E-state index in [0.717, 1.165) is 24.9 Å². The van der Waals surface area contributed by atoms with E-state index in [4.69, 9.17) is 4.74 Å². The summed E-state index contributed by atoms with van der Waals surface area (Å²) in [6, 6.07) is 18.1. The van der Waals surface area contributed by atoms with Gasteiger partial charge < -0.3 is 4.74 Å². The zero-order chi connectivity index (χ0) is 20.3. The molecule has 0 saturated heterocycles. The minimum absolute atomic E-state index is 0.688. The molecule has 0 radical (unpaired) electrons. The number of allylic oxidation sites excluding steroid dienone is 3. The Hall–Kier alpha value is -2.12. The summed E-state index contributed by atoms with van der Waals surface area (Å²) in [6.45, 7) is 5.64. The average Bonchev–Trinajstić information content (AvgIpc) is 2.78. The van der Waals surface area contributed by atoms with E-state index in [9.17, 15) is 0 Å². The summed E-state index contributed by atoms with van der Waals surface area (Å²) in [5, 5.41) is 0. The van der Waals surface area contributed by atoms with Crippen LogP contribution in [-0.2, 0) is 11.3 Å². The van der Waals surface area contributed by atoms with Crippen LogP contribution in [0.3, 0.4) is 0 Å². The highest BCUT2D eigenvalue weighted by Gasteiger charge is 2.21. The molecule has 2 aromatic carbocycles. The first-order chi connectivity index (χ1) is 14.3. The lowest BCUT2D eigenvalue weighted by atomic mass is 9.77. The second-order valence-corrected chi connectivity index (χ2v) is 8.25. The highest BCUT2D eigenvalue weighted by atomic mass is 16.5. The molecule has 0 amide bonds. The van der Waals surface area contributed by atoms with E-state index < -0.39 is 0 Å². The molecule has 0 aliphatic heterocycles. The summed E-state index contributed by atoms with van der Waals surface area (Å²) in [5.74, 6) is 1.64. The molecule has 0 heterocycles. The van der Waals surface area contributed by atoms with E-state index in [1.54, 1.807) is 0 Å². The van der Waals surface area contributed by atoms with Crippen molar-refractivity contribution in [1.29, 1.82) is 0 Å². The van der Waals surface area contributed by atoms with Gasteiger partial charge in [-0.3, -0.25) is 0 Å². The summed E-state index contributed by atoms with van der Waals surface area (Å²) in [4.78, 5) is 0. The van der Waals surface area contributed by atoms with E-state index in [1.165, 1.54) is 54.4 Å². The van der Waals surface area contributed by atoms with Gasteiger partial charge in [0.05, 0.1) is 13.2 Å². The van der Waals surface area contributed by atoms with Gasteiger partial charge in [-0.1, -0.05) is 72.8 Å². The van der Waals surface area contributed by atoms with E-state index in [-0.39, 0.29) is 0 Å². The van der Waals surface area contributed by atoms with Crippen LogP contribution in [0.2, 0.25) is 0 Å². The summed E-state index contributed by atoms with van der Waals surface area (Å²) in [6.07, 6.45) is 16.4. The number of ether oxygens (including phenoxy) is 1. The quantitative estimate of drug-likeness (QED) is 0.311. The van der Waals surface area contributed by atoms with E-state index in [2.05, 4.69) is 79.8 Å². The Morgan fingerprint density at radius 3 is 2.03 bits per heavy atom. The Morgan fingerprint density at radius 1 is 0.793 bits per heavy atom. The zero-order valence-corrected chi connectivity index (χ0v) is 18.1. The van der Waals surface area contributed by atoms with E-state index >= 15 is 0 Å². The van der Waals surface area contributed by atoms with Crippen molar-refractivity contribution < 1.29 is 4.74 Å². The lowest BCUT2D eigenvalue weighted by Crippen LogP contribution is -2.12. The smallest absolute Gasteiger partial charge is 0.0717 e. The molecule has 1 aliphatic carbocycles. The molecule has 3 rings (SSSR count). The Kier molecular flexibility index (Phi) is 8.77. The molecule has 1 nitrogen and oxygen atoms in total. The largest absolute Gasteiger partial charge is 0.376 e. The molecule has 0 spiro atoms. The maximum Gasteiger partial charge on any atom is 0.0717 e. The first kappa shape index (κ1) is 21.6. The fourth-order valence-electron chi connectivity index (χ4n) is 4.31. The van der Waals surface area contributed by atoms with E-state index in [0.29, 0.717) is 6.61 Å². The average molecular weight is 389 g/mol. The van der Waals surface area contributed by atoms with Crippen molar-refractivity contribution in [3.8, 4) is 11.1 Å². The number of hydrogen-bond acceptors (Lipinski definition) is 1. The monoisotopic (exact) mass is 388 g/mol. The molecule has 2 aromatic rings. The molecule has 0 unspecified atom stereocenters. The molecule has 0 N–H and O–H groups in total. The van der Waals surface area contributed by atoms with Crippen LogP contribution >= 0.6 is 0 Å². The van der Waals surface area contributed by atoms with Gasteiger partial charge in [0.25, 0.3) is 0 Å². The fraction of sp³-hybridized carbons (Fsp3) is 0.429. The highest BCUT2D eigenvalue weighted by Crippen LogP contribution is 2.37. The van der Waals surface area contributed by atoms with Gasteiger partial charge in [0.1, 0.15) is 0 Å². The Labute approximate surface area is 177 Å². The van der Waals surface area contributed by atoms with Gasteiger partial charge >= 0.3 is 0 Å². The standard InChI is InChI=1S/C28H36O/c1-3-5-7-21-29-22-24-11-15-26(16-12-24)28-19-17-27(18-20-28)25-13-9-23(10-14-25)8-6-4-2/h3-6,11-12,15-20,23,25H,7-10,13-14,21-22H2,1-2H3/b5-3+,6-4+. The minimum Gasteiger partial charge on any atom is -0.376 e. The van der Waals surface area contributed by atoms with Gasteiger partial charge in [0.2, 0.25) is 0 Å². The third kappa shape index (κ3) is 6.72. The van der Waals surface area contributed by atoms with Crippen LogP contribution in [0.5, 0.6) is 0 Å². The molecule has 1 saturated carbocycles. The number of hydrogen-bond donors (Lipinski definition) is 0. The second kappa shape index (κ2) is 11.8. The van der Waals surface area contributed by atoms with Crippen LogP contribution in [0.1, 0.15) is 69.4 Å². The van der Waals surface area contributed by atoms with Crippen molar-refractivity contribution >= 4 is 0 Å². The predicted octanol–water partition coefficient (Wildman–Crippen LogP) is 8.08. The summed E-state index contributed by atoms with van der Waals surface area (Å²) in [7, 11) is 0. The summed E-state index contributed by atoms with van der Waals surface area (Å²) in [5.41, 5.74) is 5.34. The molecular formula is C28H36O. The fourth-order valence-corrected chi connectivity index (χ4v) is 4.31. The minimum atomic E-state index is 0.688. The lowest BCUT2D eigenvalue weighted by Gasteiger charge is -2.28. The molecular weight excluding hydrogens is 352 g/mol. The van der Waals surface area contributed by atoms with Crippen LogP contribution in [0.4, 0.5) is 0 Å². The van der Waals surface area contributed by atoms with Gasteiger partial charge in [0, 0.05) is 0 Å². The van der Waals surface area contributed by atoms with Crippen LogP contribution in [0.25, 0.3) is 11.1 Å². The van der Waals surface area contributed by atoms with Crippen molar-refractivity contribution in [3.63, 3.8) is 0 Å². The third-order valence-electron chi connectivity index (χ3n) is 6.15. The van der Waals surface area contributed by atoms with Crippen molar-refractivity contribution in [1.82, 2.24) is 0 Å². The molecule has 1 aliphatic rings. The molecule has 0 atom stereocenters. The molecule has 154 valence electrons. The molecule has 29 heavy (non-hydrogen) atoms. The summed E-state index contributed by atoms with van der Waals surface area (Å²) >= 11 is 0. The molecule has 0 aromatic heterocycles. The molecule has 1 fully saturated rings. The van der Waals surface area contributed by atoms with Crippen LogP contribution in [0.15, 0.2) is 72.8 Å². The molecule has 0 bridgehead atoms. The maximum absolute atomic E-state index is 5.72. The first-order valence-electron chi connectivity index (χ1n) is 11.3. The van der Waals surface area contributed by atoms with Crippen molar-refractivity contribution in [2.45, 2.75) is 64.9 Å². The van der Waals surface area contributed by atoms with Crippen molar-refractivity contribution in [3.05, 3.63) is 84.0 Å².